The van der Waals surface area contributed by atoms with E-state index in [1.807, 2.05) is 48.5 Å². The summed E-state index contributed by atoms with van der Waals surface area (Å²) < 4.78 is 15.7. The molecule has 9 aromatic carbocycles. The first-order valence-electron chi connectivity index (χ1n) is 19.2. The molecule has 4 heterocycles. The molecule has 5 heteroatoms. The van der Waals surface area contributed by atoms with Crippen molar-refractivity contribution in [3.05, 3.63) is 176 Å². The lowest BCUT2D eigenvalue weighted by Crippen LogP contribution is -1.93. The fourth-order valence-corrected chi connectivity index (χ4v) is 9.30. The number of rotatable bonds is 4. The largest absolute Gasteiger partial charge is 0.456 e. The summed E-state index contributed by atoms with van der Waals surface area (Å²) in [5.74, 6) is 0.663. The second kappa shape index (κ2) is 11.4. The highest BCUT2D eigenvalue weighted by atomic mass is 16.3. The van der Waals surface area contributed by atoms with Crippen LogP contribution in [0.1, 0.15) is 0 Å². The topological polar surface area (TPSA) is 57.0 Å². The van der Waals surface area contributed by atoms with Gasteiger partial charge in [0.05, 0.1) is 11.0 Å². The first-order valence-corrected chi connectivity index (χ1v) is 19.2. The summed E-state index contributed by atoms with van der Waals surface area (Å²) in [7, 11) is 0. The van der Waals surface area contributed by atoms with Crippen molar-refractivity contribution in [3.8, 4) is 39.5 Å². The Morgan fingerprint density at radius 3 is 1.79 bits per heavy atom. The lowest BCUT2D eigenvalue weighted by atomic mass is 9.95. The van der Waals surface area contributed by atoms with Crippen LogP contribution in [0, 0.1) is 0 Å². The molecule has 0 radical (unpaired) electrons. The maximum atomic E-state index is 6.71. The predicted octanol–water partition coefficient (Wildman–Crippen LogP) is 14.1. The van der Waals surface area contributed by atoms with Crippen molar-refractivity contribution in [3.63, 3.8) is 0 Å². The third-order valence-electron chi connectivity index (χ3n) is 11.8. The molecular formula is C52H29N3O2. The van der Waals surface area contributed by atoms with Gasteiger partial charge in [-0.2, -0.15) is 0 Å². The van der Waals surface area contributed by atoms with Crippen molar-refractivity contribution < 1.29 is 8.83 Å². The van der Waals surface area contributed by atoms with Crippen LogP contribution in [0.25, 0.3) is 127 Å². The van der Waals surface area contributed by atoms with Gasteiger partial charge in [-0.15, -0.1) is 0 Å². The molecule has 4 aromatic heterocycles. The van der Waals surface area contributed by atoms with E-state index in [1.165, 1.54) is 43.4 Å². The molecular weight excluding hydrogens is 699 g/mol. The zero-order valence-electron chi connectivity index (χ0n) is 30.4. The molecule has 0 N–H and O–H groups in total. The highest BCUT2D eigenvalue weighted by Gasteiger charge is 2.22. The van der Waals surface area contributed by atoms with Crippen LogP contribution in [0.15, 0.2) is 185 Å². The van der Waals surface area contributed by atoms with Crippen LogP contribution in [-0.2, 0) is 0 Å². The normalized spacial score (nSPS) is 12.2. The number of fused-ring (bicyclic) bond motifs is 9. The molecule has 0 fully saturated rings. The molecule has 0 saturated carbocycles. The number of benzene rings is 9. The van der Waals surface area contributed by atoms with Gasteiger partial charge >= 0.3 is 0 Å². The average molecular weight is 728 g/mol. The first kappa shape index (κ1) is 30.6. The molecule has 0 atom stereocenters. The molecule has 0 bridgehead atoms. The summed E-state index contributed by atoms with van der Waals surface area (Å²) in [6.45, 7) is 0. The molecule has 13 rings (SSSR count). The molecule has 0 amide bonds. The molecule has 13 aromatic rings. The van der Waals surface area contributed by atoms with E-state index in [0.717, 1.165) is 72.1 Å². The molecule has 0 unspecified atom stereocenters. The highest BCUT2D eigenvalue weighted by Crippen LogP contribution is 2.45. The monoisotopic (exact) mass is 727 g/mol. The molecule has 5 nitrogen and oxygen atoms in total. The van der Waals surface area contributed by atoms with Crippen LogP contribution in [0.5, 0.6) is 0 Å². The molecule has 0 spiro atoms. The van der Waals surface area contributed by atoms with Gasteiger partial charge in [-0.05, 0) is 75.1 Å². The van der Waals surface area contributed by atoms with Gasteiger partial charge in [0.2, 0.25) is 0 Å². The van der Waals surface area contributed by atoms with E-state index in [1.54, 1.807) is 0 Å². The summed E-state index contributed by atoms with van der Waals surface area (Å²) in [6.07, 6.45) is 0. The van der Waals surface area contributed by atoms with Gasteiger partial charge in [0.25, 0.3) is 0 Å². The van der Waals surface area contributed by atoms with Crippen LogP contribution in [0.3, 0.4) is 0 Å². The zero-order valence-corrected chi connectivity index (χ0v) is 30.4. The summed E-state index contributed by atoms with van der Waals surface area (Å²) in [4.78, 5) is 10.2. The fraction of sp³-hybridized carbons (Fsp3) is 0. The molecule has 57 heavy (non-hydrogen) atoms. The van der Waals surface area contributed by atoms with Crippen molar-refractivity contribution in [1.29, 1.82) is 0 Å². The van der Waals surface area contributed by atoms with Crippen molar-refractivity contribution >= 4 is 87.4 Å². The summed E-state index contributed by atoms with van der Waals surface area (Å²) >= 11 is 0. The van der Waals surface area contributed by atoms with E-state index < -0.39 is 0 Å². The highest BCUT2D eigenvalue weighted by molar-refractivity contribution is 6.34. The lowest BCUT2D eigenvalue weighted by Gasteiger charge is -2.08. The van der Waals surface area contributed by atoms with Crippen LogP contribution in [-0.4, -0.2) is 14.5 Å². The average Bonchev–Trinajstić information content (AvgIpc) is 3.95. The Morgan fingerprint density at radius 2 is 1.05 bits per heavy atom. The van der Waals surface area contributed by atoms with Crippen molar-refractivity contribution in [1.82, 2.24) is 14.5 Å². The third-order valence-corrected chi connectivity index (χ3v) is 11.8. The first-order chi connectivity index (χ1) is 28.3. The van der Waals surface area contributed by atoms with E-state index in [2.05, 4.69) is 132 Å². The van der Waals surface area contributed by atoms with E-state index in [9.17, 15) is 0 Å². The van der Waals surface area contributed by atoms with E-state index in [4.69, 9.17) is 18.8 Å². The van der Waals surface area contributed by atoms with Gasteiger partial charge in [-0.1, -0.05) is 127 Å². The quantitative estimate of drug-likeness (QED) is 0.169. The number of hydrogen-bond donors (Lipinski definition) is 0. The fourth-order valence-electron chi connectivity index (χ4n) is 9.30. The van der Waals surface area contributed by atoms with Crippen molar-refractivity contribution in [2.24, 2.45) is 0 Å². The van der Waals surface area contributed by atoms with E-state index in [0.29, 0.717) is 11.4 Å². The minimum Gasteiger partial charge on any atom is -0.456 e. The summed E-state index contributed by atoms with van der Waals surface area (Å²) in [5, 5.41) is 10.8. The molecule has 264 valence electrons. The van der Waals surface area contributed by atoms with Gasteiger partial charge in [-0.3, -0.25) is 0 Å². The summed E-state index contributed by atoms with van der Waals surface area (Å²) in [6, 6.07) is 61.8. The van der Waals surface area contributed by atoms with Gasteiger partial charge in [0, 0.05) is 49.8 Å². The van der Waals surface area contributed by atoms with Crippen molar-refractivity contribution in [2.75, 3.05) is 0 Å². The predicted molar refractivity (Wildman–Crippen MR) is 233 cm³/mol. The SMILES string of the molecule is c1ccc(-c2nc(-c3ccccc3)c3oc4ccc(-c5cccc6oc7cc(-n8c9cccc%10c%11ccccc%11c%11cccc8c%11c%109)ccc7c56)cc4c3n2)cc1. The maximum Gasteiger partial charge on any atom is 0.180 e. The van der Waals surface area contributed by atoms with Crippen LogP contribution in [0.2, 0.25) is 0 Å². The van der Waals surface area contributed by atoms with Crippen LogP contribution in [0.4, 0.5) is 0 Å². The minimum absolute atomic E-state index is 0.663. The standard InChI is InChI=1S/C52H29N3O2/c1-3-12-30(13-4-1)49-51-50(54-52(53-49)31-14-5-2-6-15-31)40-28-32(24-27-43(40)57-51)34-18-11-23-44-46(34)39-26-25-33(29-45(39)56-44)55-41-21-9-19-37-35-16-7-8-17-36(35)38-20-10-22-42(55)48(38)47(37)41/h1-29H. The van der Waals surface area contributed by atoms with E-state index >= 15 is 0 Å². The van der Waals surface area contributed by atoms with E-state index in [-0.39, 0.29) is 0 Å². The van der Waals surface area contributed by atoms with Gasteiger partial charge in [0.1, 0.15) is 28.0 Å². The maximum absolute atomic E-state index is 6.71. The molecule has 0 aliphatic rings. The smallest absolute Gasteiger partial charge is 0.180 e. The Hall–Kier alpha value is -7.76. The van der Waals surface area contributed by atoms with Crippen LogP contribution < -0.4 is 0 Å². The molecule has 0 aliphatic carbocycles. The Kier molecular flexibility index (Phi) is 6.10. The molecule has 0 aliphatic heterocycles. The Morgan fingerprint density at radius 1 is 0.386 bits per heavy atom. The van der Waals surface area contributed by atoms with Crippen LogP contribution >= 0.6 is 0 Å². The zero-order chi connectivity index (χ0) is 37.2. The lowest BCUT2D eigenvalue weighted by molar-refractivity contribution is 0.667. The second-order valence-corrected chi connectivity index (χ2v) is 14.9. The van der Waals surface area contributed by atoms with Gasteiger partial charge < -0.3 is 13.4 Å². The molecule has 0 saturated heterocycles. The third kappa shape index (κ3) is 4.28. The number of hydrogen-bond acceptors (Lipinski definition) is 4. The summed E-state index contributed by atoms with van der Waals surface area (Å²) in [5.41, 5.74) is 12.2. The number of nitrogens with zero attached hydrogens (tertiary/aromatic N) is 3. The Balaban J connectivity index is 1.01. The van der Waals surface area contributed by atoms with Gasteiger partial charge in [-0.25, -0.2) is 9.97 Å². The number of aromatic nitrogens is 3. The second-order valence-electron chi connectivity index (χ2n) is 14.9. The Bertz CT molecular complexity index is 3660. The van der Waals surface area contributed by atoms with Gasteiger partial charge in [0.15, 0.2) is 11.4 Å². The Labute approximate surface area is 325 Å². The number of furan rings is 2. The van der Waals surface area contributed by atoms with Crippen molar-refractivity contribution in [2.45, 2.75) is 0 Å². The minimum atomic E-state index is 0.663.